The molecule has 3 N–H and O–H groups in total. The van der Waals surface area contributed by atoms with E-state index in [4.69, 9.17) is 9.42 Å². The van der Waals surface area contributed by atoms with Crippen molar-refractivity contribution in [3.63, 3.8) is 0 Å². The molecule has 5 nitrogen and oxygen atoms in total. The first kappa shape index (κ1) is 9.16. The number of hydrogen-bond donors (Lipinski definition) is 2. The zero-order chi connectivity index (χ0) is 8.32. The monoisotopic (exact) mass is 181 g/mol. The Bertz CT molecular complexity index is 168. The van der Waals surface area contributed by atoms with E-state index in [1.54, 1.807) is 0 Å². The number of hydrogen-bond acceptors (Lipinski definition) is 4. The number of nitrogens with two attached hydrogens (primary N) is 1. The van der Waals surface area contributed by atoms with Gasteiger partial charge in [-0.15, -0.1) is 0 Å². The molecule has 1 fully saturated rings. The Morgan fingerprint density at radius 1 is 1.45 bits per heavy atom. The van der Waals surface area contributed by atoms with Crippen LogP contribution in [0.25, 0.3) is 0 Å². The minimum Gasteiger partial charge on any atom is -0.301 e. The van der Waals surface area contributed by atoms with Crippen LogP contribution >= 0.6 is 7.82 Å². The van der Waals surface area contributed by atoms with E-state index in [0.29, 0.717) is 0 Å². The molecule has 0 aromatic heterocycles. The average molecular weight is 181 g/mol. The molecule has 0 aromatic rings. The highest BCUT2D eigenvalue weighted by atomic mass is 31.2. The molecule has 66 valence electrons. The van der Waals surface area contributed by atoms with Crippen LogP contribution in [-0.4, -0.2) is 11.0 Å². The van der Waals surface area contributed by atoms with Gasteiger partial charge in [0.25, 0.3) is 0 Å². The molecule has 1 rings (SSSR count). The van der Waals surface area contributed by atoms with Gasteiger partial charge in [0.2, 0.25) is 0 Å². The highest BCUT2D eigenvalue weighted by Gasteiger charge is 2.27. The van der Waals surface area contributed by atoms with Crippen molar-refractivity contribution in [3.05, 3.63) is 0 Å². The second-order valence-corrected chi connectivity index (χ2v) is 3.94. The summed E-state index contributed by atoms with van der Waals surface area (Å²) < 4.78 is 19.2. The molecule has 0 aromatic carbocycles. The van der Waals surface area contributed by atoms with E-state index in [1.807, 2.05) is 0 Å². The van der Waals surface area contributed by atoms with Gasteiger partial charge >= 0.3 is 7.82 Å². The Hall–Kier alpha value is 0.0700. The van der Waals surface area contributed by atoms with Gasteiger partial charge in [0.15, 0.2) is 0 Å². The van der Waals surface area contributed by atoms with E-state index in [0.717, 1.165) is 25.7 Å². The quantitative estimate of drug-likeness (QED) is 0.500. The Morgan fingerprint density at radius 2 is 2.00 bits per heavy atom. The molecule has 0 amide bonds. The van der Waals surface area contributed by atoms with Crippen molar-refractivity contribution >= 4 is 7.82 Å². The fourth-order valence-corrected chi connectivity index (χ4v) is 1.84. The van der Waals surface area contributed by atoms with Crippen molar-refractivity contribution in [2.24, 2.45) is 5.90 Å². The maximum Gasteiger partial charge on any atom is 0.488 e. The highest BCUT2D eigenvalue weighted by Crippen LogP contribution is 2.45. The molecule has 1 saturated carbocycles. The third kappa shape index (κ3) is 2.89. The molecule has 0 radical (unpaired) electrons. The zero-order valence-corrected chi connectivity index (χ0v) is 7.00. The highest BCUT2D eigenvalue weighted by molar-refractivity contribution is 7.47. The van der Waals surface area contributed by atoms with Crippen LogP contribution < -0.4 is 5.90 Å². The molecule has 11 heavy (non-hydrogen) atoms. The summed E-state index contributed by atoms with van der Waals surface area (Å²) in [5.74, 6) is 4.55. The first-order valence-electron chi connectivity index (χ1n) is 3.54. The lowest BCUT2D eigenvalue weighted by atomic mass is 10.3. The van der Waals surface area contributed by atoms with E-state index in [-0.39, 0.29) is 6.10 Å². The summed E-state index contributed by atoms with van der Waals surface area (Å²) in [4.78, 5) is 8.77. The molecule has 1 aliphatic rings. The van der Waals surface area contributed by atoms with Gasteiger partial charge in [0.05, 0.1) is 6.10 Å². The van der Waals surface area contributed by atoms with Gasteiger partial charge in [-0.3, -0.25) is 4.52 Å². The van der Waals surface area contributed by atoms with Gasteiger partial charge in [-0.05, 0) is 12.8 Å². The maximum atomic E-state index is 10.7. The van der Waals surface area contributed by atoms with Crippen LogP contribution in [0.4, 0.5) is 0 Å². The Kier molecular flexibility index (Phi) is 3.04. The molecular formula is C5H12NO4P. The zero-order valence-electron chi connectivity index (χ0n) is 6.10. The Labute approximate surface area is 65.1 Å². The topological polar surface area (TPSA) is 81.8 Å². The third-order valence-electron chi connectivity index (χ3n) is 1.72. The van der Waals surface area contributed by atoms with Crippen LogP contribution in [0.5, 0.6) is 0 Å². The average Bonchev–Trinajstić information content (AvgIpc) is 2.39. The first-order valence-corrected chi connectivity index (χ1v) is 5.03. The summed E-state index contributed by atoms with van der Waals surface area (Å²) in [6, 6.07) is 0. The third-order valence-corrected chi connectivity index (χ3v) is 2.55. The van der Waals surface area contributed by atoms with Gasteiger partial charge in [-0.25, -0.2) is 15.1 Å². The standard InChI is InChI=1S/C5H12NO4P/c6-10-11(7,8)9-5-3-1-2-4-5/h5H,1-4,6H2,(H,7,8). The fourth-order valence-electron chi connectivity index (χ4n) is 1.21. The van der Waals surface area contributed by atoms with Crippen molar-refractivity contribution in [1.82, 2.24) is 0 Å². The van der Waals surface area contributed by atoms with Crippen molar-refractivity contribution < 1.29 is 18.6 Å². The summed E-state index contributed by atoms with van der Waals surface area (Å²) in [6.45, 7) is 0. The lowest BCUT2D eigenvalue weighted by Gasteiger charge is -2.13. The van der Waals surface area contributed by atoms with Gasteiger partial charge in [0, 0.05) is 0 Å². The summed E-state index contributed by atoms with van der Waals surface area (Å²) in [5.41, 5.74) is 0. The van der Waals surface area contributed by atoms with Crippen LogP contribution in [0.3, 0.4) is 0 Å². The molecule has 0 heterocycles. The van der Waals surface area contributed by atoms with Crippen LogP contribution in [0, 0.1) is 0 Å². The van der Waals surface area contributed by atoms with Crippen molar-refractivity contribution in [2.45, 2.75) is 31.8 Å². The number of phosphoric ester groups is 1. The largest absolute Gasteiger partial charge is 0.488 e. The number of rotatable bonds is 3. The van der Waals surface area contributed by atoms with Gasteiger partial charge in [-0.2, -0.15) is 0 Å². The van der Waals surface area contributed by atoms with Gasteiger partial charge < -0.3 is 4.89 Å². The molecule has 6 heteroatoms. The predicted octanol–water partition coefficient (Wildman–Crippen LogP) is 0.936. The molecule has 1 aliphatic carbocycles. The normalized spacial score (nSPS) is 25.3. The van der Waals surface area contributed by atoms with Crippen molar-refractivity contribution in [1.29, 1.82) is 0 Å². The van der Waals surface area contributed by atoms with Crippen LogP contribution in [0.15, 0.2) is 0 Å². The van der Waals surface area contributed by atoms with Crippen LogP contribution in [0.1, 0.15) is 25.7 Å². The van der Waals surface area contributed by atoms with Crippen LogP contribution in [0.2, 0.25) is 0 Å². The second kappa shape index (κ2) is 3.65. The van der Waals surface area contributed by atoms with E-state index < -0.39 is 7.82 Å². The number of phosphoric acid groups is 1. The molecule has 0 saturated heterocycles. The van der Waals surface area contributed by atoms with E-state index >= 15 is 0 Å². The molecular weight excluding hydrogens is 169 g/mol. The molecule has 1 unspecified atom stereocenters. The van der Waals surface area contributed by atoms with Crippen LogP contribution in [-0.2, 0) is 13.7 Å². The predicted molar refractivity (Wildman–Crippen MR) is 38.4 cm³/mol. The van der Waals surface area contributed by atoms with E-state index in [9.17, 15) is 4.57 Å². The maximum absolute atomic E-state index is 10.7. The summed E-state index contributed by atoms with van der Waals surface area (Å²) >= 11 is 0. The SMILES string of the molecule is NOP(=O)(O)OC1CCCC1. The fraction of sp³-hybridized carbons (Fsp3) is 1.00. The molecule has 0 spiro atoms. The summed E-state index contributed by atoms with van der Waals surface area (Å²) in [7, 11) is -3.94. The Balaban J connectivity index is 2.34. The van der Waals surface area contributed by atoms with Gasteiger partial charge in [0.1, 0.15) is 0 Å². The molecule has 1 atom stereocenters. The molecule has 0 bridgehead atoms. The van der Waals surface area contributed by atoms with Crippen molar-refractivity contribution in [2.75, 3.05) is 0 Å². The second-order valence-electron chi connectivity index (χ2n) is 2.59. The first-order chi connectivity index (χ1) is 5.14. The smallest absolute Gasteiger partial charge is 0.301 e. The van der Waals surface area contributed by atoms with E-state index in [2.05, 4.69) is 10.5 Å². The minimum atomic E-state index is -3.94. The van der Waals surface area contributed by atoms with E-state index in [1.165, 1.54) is 0 Å². The van der Waals surface area contributed by atoms with Gasteiger partial charge in [-0.1, -0.05) is 12.8 Å². The van der Waals surface area contributed by atoms with Crippen molar-refractivity contribution in [3.8, 4) is 0 Å². The summed E-state index contributed by atoms with van der Waals surface area (Å²) in [5, 5.41) is 0. The minimum absolute atomic E-state index is 0.158. The lowest BCUT2D eigenvalue weighted by molar-refractivity contribution is 0.108. The lowest BCUT2D eigenvalue weighted by Crippen LogP contribution is -2.08. The Morgan fingerprint density at radius 3 is 2.45 bits per heavy atom. The summed E-state index contributed by atoms with van der Waals surface area (Å²) in [6.07, 6.45) is 3.54. The molecule has 0 aliphatic heterocycles.